The predicted octanol–water partition coefficient (Wildman–Crippen LogP) is 5.47. The zero-order valence-corrected chi connectivity index (χ0v) is 14.1. The number of hydrogen-bond donors (Lipinski definition) is 1. The molecule has 3 heteroatoms. The Morgan fingerprint density at radius 2 is 1.90 bits per heavy atom. The average Bonchev–Trinajstić information content (AvgIpc) is 2.89. The molecule has 0 amide bonds. The van der Waals surface area contributed by atoms with Gasteiger partial charge in [-0.05, 0) is 24.8 Å². The molecule has 1 heterocycles. The van der Waals surface area contributed by atoms with E-state index in [9.17, 15) is 0 Å². The molecule has 2 rings (SSSR count). The third-order valence-electron chi connectivity index (χ3n) is 3.73. The van der Waals surface area contributed by atoms with Crippen molar-refractivity contribution >= 4 is 16.5 Å². The van der Waals surface area contributed by atoms with E-state index in [0.717, 1.165) is 17.6 Å². The van der Waals surface area contributed by atoms with Gasteiger partial charge >= 0.3 is 0 Å². The zero-order valence-electron chi connectivity index (χ0n) is 13.3. The minimum absolute atomic E-state index is 0.564. The minimum atomic E-state index is 0.564. The standard InChI is InChI=1S/C18H26N2S/c1-14(2)8-7-11-17(16-9-5-4-6-10-16)13-20-18-19-12-15(3)21-18/h4-6,9-10,12,14,17H,7-8,11,13H2,1-3H3,(H,19,20). The summed E-state index contributed by atoms with van der Waals surface area (Å²) in [6, 6.07) is 10.9. The summed E-state index contributed by atoms with van der Waals surface area (Å²) in [6.07, 6.45) is 5.76. The van der Waals surface area contributed by atoms with Crippen LogP contribution in [0.15, 0.2) is 36.5 Å². The lowest BCUT2D eigenvalue weighted by molar-refractivity contribution is 0.506. The number of aryl methyl sites for hydroxylation is 1. The van der Waals surface area contributed by atoms with Crippen LogP contribution in [0.4, 0.5) is 5.13 Å². The van der Waals surface area contributed by atoms with Crippen molar-refractivity contribution in [1.82, 2.24) is 4.98 Å². The van der Waals surface area contributed by atoms with Crippen molar-refractivity contribution in [3.63, 3.8) is 0 Å². The monoisotopic (exact) mass is 302 g/mol. The molecule has 0 aliphatic carbocycles. The van der Waals surface area contributed by atoms with Crippen molar-refractivity contribution in [2.75, 3.05) is 11.9 Å². The highest BCUT2D eigenvalue weighted by Crippen LogP contribution is 2.25. The largest absolute Gasteiger partial charge is 0.361 e. The van der Waals surface area contributed by atoms with Gasteiger partial charge in [-0.25, -0.2) is 4.98 Å². The van der Waals surface area contributed by atoms with Crippen LogP contribution in [0, 0.1) is 12.8 Å². The molecule has 1 aromatic heterocycles. The smallest absolute Gasteiger partial charge is 0.182 e. The van der Waals surface area contributed by atoms with E-state index in [-0.39, 0.29) is 0 Å². The van der Waals surface area contributed by atoms with Gasteiger partial charge in [0.05, 0.1) is 0 Å². The van der Waals surface area contributed by atoms with E-state index in [1.54, 1.807) is 11.3 Å². The maximum Gasteiger partial charge on any atom is 0.182 e. The first-order chi connectivity index (χ1) is 10.1. The molecule has 0 saturated carbocycles. The molecule has 0 fully saturated rings. The molecule has 1 unspecified atom stereocenters. The van der Waals surface area contributed by atoms with Gasteiger partial charge in [0.25, 0.3) is 0 Å². The van der Waals surface area contributed by atoms with E-state index < -0.39 is 0 Å². The Morgan fingerprint density at radius 1 is 1.14 bits per heavy atom. The third kappa shape index (κ3) is 5.50. The van der Waals surface area contributed by atoms with Crippen LogP contribution in [0.2, 0.25) is 0 Å². The molecular weight excluding hydrogens is 276 g/mol. The maximum atomic E-state index is 4.40. The predicted molar refractivity (Wildman–Crippen MR) is 93.2 cm³/mol. The number of nitrogens with one attached hydrogen (secondary N) is 1. The number of nitrogens with zero attached hydrogens (tertiary/aromatic N) is 1. The Kier molecular flexibility index (Phi) is 6.24. The van der Waals surface area contributed by atoms with Crippen molar-refractivity contribution in [2.45, 2.75) is 46.0 Å². The number of aromatic nitrogens is 1. The Bertz CT molecular complexity index is 519. The van der Waals surface area contributed by atoms with E-state index >= 15 is 0 Å². The molecular formula is C18H26N2S. The highest BCUT2D eigenvalue weighted by Gasteiger charge is 2.12. The van der Waals surface area contributed by atoms with Crippen LogP contribution in [0.5, 0.6) is 0 Å². The van der Waals surface area contributed by atoms with Crippen LogP contribution in [0.3, 0.4) is 0 Å². The van der Waals surface area contributed by atoms with Gasteiger partial charge in [0, 0.05) is 23.5 Å². The molecule has 0 bridgehead atoms. The van der Waals surface area contributed by atoms with Crippen LogP contribution >= 0.6 is 11.3 Å². The first kappa shape index (κ1) is 16.0. The van der Waals surface area contributed by atoms with Gasteiger partial charge in [0.1, 0.15) is 0 Å². The molecule has 1 aromatic carbocycles. The van der Waals surface area contributed by atoms with Gasteiger partial charge in [-0.15, -0.1) is 11.3 Å². The van der Waals surface area contributed by atoms with Gasteiger partial charge in [0.15, 0.2) is 5.13 Å². The summed E-state index contributed by atoms with van der Waals surface area (Å²) in [5, 5.41) is 4.55. The fraction of sp³-hybridized carbons (Fsp3) is 0.500. The van der Waals surface area contributed by atoms with E-state index in [4.69, 9.17) is 0 Å². The number of anilines is 1. The molecule has 21 heavy (non-hydrogen) atoms. The van der Waals surface area contributed by atoms with Gasteiger partial charge in [-0.1, -0.05) is 57.0 Å². The van der Waals surface area contributed by atoms with Crippen LogP contribution in [-0.4, -0.2) is 11.5 Å². The summed E-state index contributed by atoms with van der Waals surface area (Å²) >= 11 is 1.73. The van der Waals surface area contributed by atoms with Gasteiger partial charge in [0.2, 0.25) is 0 Å². The van der Waals surface area contributed by atoms with Crippen molar-refractivity contribution in [3.05, 3.63) is 47.0 Å². The first-order valence-electron chi connectivity index (χ1n) is 7.86. The summed E-state index contributed by atoms with van der Waals surface area (Å²) in [5.41, 5.74) is 1.43. The zero-order chi connectivity index (χ0) is 15.1. The lowest BCUT2D eigenvalue weighted by Crippen LogP contribution is -2.13. The Labute approximate surface area is 132 Å². The van der Waals surface area contributed by atoms with Crippen LogP contribution in [0.25, 0.3) is 0 Å². The molecule has 1 atom stereocenters. The summed E-state index contributed by atoms with van der Waals surface area (Å²) in [6.45, 7) is 7.66. The SMILES string of the molecule is Cc1cnc(NCC(CCCC(C)C)c2ccccc2)s1. The number of hydrogen-bond acceptors (Lipinski definition) is 3. The van der Waals surface area contributed by atoms with Crippen LogP contribution < -0.4 is 5.32 Å². The van der Waals surface area contributed by atoms with E-state index in [0.29, 0.717) is 5.92 Å². The fourth-order valence-corrected chi connectivity index (χ4v) is 3.20. The van der Waals surface area contributed by atoms with E-state index in [2.05, 4.69) is 61.4 Å². The second kappa shape index (κ2) is 8.18. The Hall–Kier alpha value is -1.35. The van der Waals surface area contributed by atoms with Gasteiger partial charge < -0.3 is 5.32 Å². The maximum absolute atomic E-state index is 4.40. The average molecular weight is 302 g/mol. The molecule has 2 nitrogen and oxygen atoms in total. The highest BCUT2D eigenvalue weighted by atomic mass is 32.1. The molecule has 0 spiro atoms. The summed E-state index contributed by atoms with van der Waals surface area (Å²) in [5.74, 6) is 1.35. The van der Waals surface area contributed by atoms with Crippen molar-refractivity contribution in [3.8, 4) is 0 Å². The second-order valence-corrected chi connectivity index (χ2v) is 7.32. The molecule has 0 aliphatic rings. The fourth-order valence-electron chi connectivity index (χ4n) is 2.53. The molecule has 0 aliphatic heterocycles. The first-order valence-corrected chi connectivity index (χ1v) is 8.68. The Balaban J connectivity index is 1.94. The van der Waals surface area contributed by atoms with Crippen molar-refractivity contribution in [1.29, 1.82) is 0 Å². The van der Waals surface area contributed by atoms with Crippen molar-refractivity contribution in [2.24, 2.45) is 5.92 Å². The Morgan fingerprint density at radius 3 is 2.52 bits per heavy atom. The molecule has 1 N–H and O–H groups in total. The summed E-state index contributed by atoms with van der Waals surface area (Å²) < 4.78 is 0. The number of benzene rings is 1. The molecule has 0 radical (unpaired) electrons. The van der Waals surface area contributed by atoms with Crippen LogP contribution in [-0.2, 0) is 0 Å². The molecule has 0 saturated heterocycles. The highest BCUT2D eigenvalue weighted by molar-refractivity contribution is 7.15. The number of rotatable bonds is 8. The summed E-state index contributed by atoms with van der Waals surface area (Å²) in [7, 11) is 0. The molecule has 114 valence electrons. The number of thiazole rings is 1. The lowest BCUT2D eigenvalue weighted by Gasteiger charge is -2.18. The van der Waals surface area contributed by atoms with Gasteiger partial charge in [-0.3, -0.25) is 0 Å². The second-order valence-electron chi connectivity index (χ2n) is 6.09. The lowest BCUT2D eigenvalue weighted by atomic mass is 9.92. The van der Waals surface area contributed by atoms with E-state index in [1.165, 1.54) is 29.7 Å². The normalized spacial score (nSPS) is 12.6. The summed E-state index contributed by atoms with van der Waals surface area (Å²) in [4.78, 5) is 5.66. The third-order valence-corrected chi connectivity index (χ3v) is 4.60. The topological polar surface area (TPSA) is 24.9 Å². The molecule has 2 aromatic rings. The minimum Gasteiger partial charge on any atom is -0.361 e. The van der Waals surface area contributed by atoms with Crippen LogP contribution in [0.1, 0.15) is 49.5 Å². The van der Waals surface area contributed by atoms with Gasteiger partial charge in [-0.2, -0.15) is 0 Å². The quantitative estimate of drug-likeness (QED) is 0.699. The van der Waals surface area contributed by atoms with Crippen molar-refractivity contribution < 1.29 is 0 Å². The van der Waals surface area contributed by atoms with E-state index in [1.807, 2.05) is 6.20 Å².